The van der Waals surface area contributed by atoms with Crippen LogP contribution in [0.3, 0.4) is 0 Å². The third-order valence-electron chi connectivity index (χ3n) is 4.98. The van der Waals surface area contributed by atoms with Gasteiger partial charge in [-0.05, 0) is 59.3 Å². The van der Waals surface area contributed by atoms with Crippen molar-refractivity contribution in [1.82, 2.24) is 16.0 Å². The molecule has 0 aromatic carbocycles. The SMILES string of the molecule is CCNC(=NCC1(O)CCC1)NC1CCCC(C(=O)NC(C)C)C1. The molecule has 138 valence electrons. The second kappa shape index (κ2) is 8.70. The van der Waals surface area contributed by atoms with E-state index in [-0.39, 0.29) is 23.9 Å². The summed E-state index contributed by atoms with van der Waals surface area (Å²) in [4.78, 5) is 16.8. The molecule has 1 amide bonds. The van der Waals surface area contributed by atoms with Gasteiger partial charge in [0.25, 0.3) is 0 Å². The largest absolute Gasteiger partial charge is 0.388 e. The Kier molecular flexibility index (Phi) is 6.90. The smallest absolute Gasteiger partial charge is 0.223 e. The lowest BCUT2D eigenvalue weighted by Crippen LogP contribution is -2.48. The number of hydrogen-bond donors (Lipinski definition) is 4. The van der Waals surface area contributed by atoms with Gasteiger partial charge in [0, 0.05) is 24.5 Å². The standard InChI is InChI=1S/C18H34N4O2/c1-4-19-17(20-12-18(24)9-6-10-18)22-15-8-5-7-14(11-15)16(23)21-13(2)3/h13-15,24H,4-12H2,1-3H3,(H,21,23)(H2,19,20,22). The molecule has 0 heterocycles. The molecule has 0 bridgehead atoms. The monoisotopic (exact) mass is 338 g/mol. The Morgan fingerprint density at radius 2 is 2.04 bits per heavy atom. The van der Waals surface area contributed by atoms with E-state index < -0.39 is 5.60 Å². The third kappa shape index (κ3) is 5.65. The second-order valence-electron chi connectivity index (χ2n) is 7.64. The fraction of sp³-hybridized carbons (Fsp3) is 0.889. The number of carbonyl (C=O) groups is 1. The lowest BCUT2D eigenvalue weighted by Gasteiger charge is -2.35. The molecule has 2 saturated carbocycles. The van der Waals surface area contributed by atoms with Crippen molar-refractivity contribution >= 4 is 11.9 Å². The van der Waals surface area contributed by atoms with Crippen LogP contribution in [0.1, 0.15) is 65.7 Å². The van der Waals surface area contributed by atoms with Crippen molar-refractivity contribution in [1.29, 1.82) is 0 Å². The molecule has 2 aliphatic rings. The first-order valence-corrected chi connectivity index (χ1v) is 9.49. The molecule has 2 atom stereocenters. The molecule has 0 aromatic rings. The topological polar surface area (TPSA) is 85.8 Å². The Hall–Kier alpha value is -1.30. The van der Waals surface area contributed by atoms with Crippen molar-refractivity contribution in [2.45, 2.75) is 83.4 Å². The van der Waals surface area contributed by atoms with Gasteiger partial charge < -0.3 is 21.1 Å². The van der Waals surface area contributed by atoms with Crippen molar-refractivity contribution in [3.05, 3.63) is 0 Å². The number of guanidine groups is 1. The predicted molar refractivity (Wildman–Crippen MR) is 96.9 cm³/mol. The molecule has 2 fully saturated rings. The van der Waals surface area contributed by atoms with Crippen molar-refractivity contribution in [2.24, 2.45) is 10.9 Å². The van der Waals surface area contributed by atoms with Gasteiger partial charge in [-0.1, -0.05) is 6.42 Å². The molecule has 4 N–H and O–H groups in total. The van der Waals surface area contributed by atoms with Gasteiger partial charge >= 0.3 is 0 Å². The van der Waals surface area contributed by atoms with E-state index in [9.17, 15) is 9.90 Å². The molecule has 0 saturated heterocycles. The van der Waals surface area contributed by atoms with Crippen LogP contribution in [0.15, 0.2) is 4.99 Å². The van der Waals surface area contributed by atoms with Crippen molar-refractivity contribution in [3.63, 3.8) is 0 Å². The van der Waals surface area contributed by atoms with E-state index >= 15 is 0 Å². The molecule has 0 spiro atoms. The van der Waals surface area contributed by atoms with Gasteiger partial charge in [-0.3, -0.25) is 9.79 Å². The highest BCUT2D eigenvalue weighted by molar-refractivity contribution is 5.81. The van der Waals surface area contributed by atoms with E-state index in [4.69, 9.17) is 0 Å². The van der Waals surface area contributed by atoms with Crippen LogP contribution >= 0.6 is 0 Å². The minimum Gasteiger partial charge on any atom is -0.388 e. The first-order chi connectivity index (χ1) is 11.4. The maximum absolute atomic E-state index is 12.3. The second-order valence-corrected chi connectivity index (χ2v) is 7.64. The summed E-state index contributed by atoms with van der Waals surface area (Å²) in [5.41, 5.74) is -0.603. The normalized spacial score (nSPS) is 26.6. The van der Waals surface area contributed by atoms with Gasteiger partial charge in [0.1, 0.15) is 0 Å². The first kappa shape index (κ1) is 19.0. The molecule has 24 heavy (non-hydrogen) atoms. The van der Waals surface area contributed by atoms with Gasteiger partial charge in [0.2, 0.25) is 5.91 Å². The zero-order chi connectivity index (χ0) is 17.6. The van der Waals surface area contributed by atoms with E-state index in [2.05, 4.69) is 20.9 Å². The molecule has 2 rings (SSSR count). The predicted octanol–water partition coefficient (Wildman–Crippen LogP) is 1.54. The third-order valence-corrected chi connectivity index (χ3v) is 4.98. The van der Waals surface area contributed by atoms with Crippen LogP contribution in [0.5, 0.6) is 0 Å². The van der Waals surface area contributed by atoms with Crippen LogP contribution in [-0.4, -0.2) is 47.7 Å². The maximum Gasteiger partial charge on any atom is 0.223 e. The average molecular weight is 338 g/mol. The fourth-order valence-corrected chi connectivity index (χ4v) is 3.44. The number of rotatable bonds is 6. The van der Waals surface area contributed by atoms with Crippen molar-refractivity contribution in [2.75, 3.05) is 13.1 Å². The summed E-state index contributed by atoms with van der Waals surface area (Å²) in [6.07, 6.45) is 6.69. The zero-order valence-electron chi connectivity index (χ0n) is 15.4. The molecule has 6 nitrogen and oxygen atoms in total. The summed E-state index contributed by atoms with van der Waals surface area (Å²) >= 11 is 0. The maximum atomic E-state index is 12.3. The number of nitrogens with one attached hydrogen (secondary N) is 3. The van der Waals surface area contributed by atoms with Gasteiger partial charge in [-0.15, -0.1) is 0 Å². The summed E-state index contributed by atoms with van der Waals surface area (Å²) < 4.78 is 0. The summed E-state index contributed by atoms with van der Waals surface area (Å²) in [7, 11) is 0. The number of aliphatic hydroxyl groups is 1. The van der Waals surface area contributed by atoms with E-state index in [0.29, 0.717) is 6.54 Å². The highest BCUT2D eigenvalue weighted by atomic mass is 16.3. The molecule has 6 heteroatoms. The van der Waals surface area contributed by atoms with Gasteiger partial charge in [-0.2, -0.15) is 0 Å². The summed E-state index contributed by atoms with van der Waals surface area (Å²) in [6, 6.07) is 0.448. The summed E-state index contributed by atoms with van der Waals surface area (Å²) in [5.74, 6) is 1.01. The Balaban J connectivity index is 1.88. The van der Waals surface area contributed by atoms with E-state index in [1.54, 1.807) is 0 Å². The Bertz CT molecular complexity index is 446. The van der Waals surface area contributed by atoms with Crippen molar-refractivity contribution in [3.8, 4) is 0 Å². The number of hydrogen-bond acceptors (Lipinski definition) is 3. The summed E-state index contributed by atoms with van der Waals surface area (Å²) in [6.45, 7) is 7.27. The van der Waals surface area contributed by atoms with E-state index in [1.807, 2.05) is 20.8 Å². The van der Waals surface area contributed by atoms with E-state index in [1.165, 1.54) is 0 Å². The highest BCUT2D eigenvalue weighted by Gasteiger charge is 2.34. The van der Waals surface area contributed by atoms with E-state index in [0.717, 1.165) is 57.5 Å². The fourth-order valence-electron chi connectivity index (χ4n) is 3.44. The Morgan fingerprint density at radius 1 is 1.29 bits per heavy atom. The molecule has 2 aliphatic carbocycles. The van der Waals surface area contributed by atoms with Crippen LogP contribution < -0.4 is 16.0 Å². The van der Waals surface area contributed by atoms with Gasteiger partial charge in [0.05, 0.1) is 12.1 Å². The van der Waals surface area contributed by atoms with Crippen LogP contribution in [-0.2, 0) is 4.79 Å². The van der Waals surface area contributed by atoms with Crippen molar-refractivity contribution < 1.29 is 9.90 Å². The first-order valence-electron chi connectivity index (χ1n) is 9.49. The quantitative estimate of drug-likeness (QED) is 0.437. The Labute approximate surface area is 145 Å². The van der Waals surface area contributed by atoms with Crippen LogP contribution in [0.25, 0.3) is 0 Å². The molecule has 2 unspecified atom stereocenters. The summed E-state index contributed by atoms with van der Waals surface area (Å²) in [5, 5.41) is 20.0. The minimum absolute atomic E-state index is 0.0809. The zero-order valence-corrected chi connectivity index (χ0v) is 15.4. The number of aliphatic imine (C=N–C) groups is 1. The number of carbonyl (C=O) groups excluding carboxylic acids is 1. The highest BCUT2D eigenvalue weighted by Crippen LogP contribution is 2.31. The van der Waals surface area contributed by atoms with Crippen LogP contribution in [0.4, 0.5) is 0 Å². The lowest BCUT2D eigenvalue weighted by atomic mass is 9.80. The van der Waals surface area contributed by atoms with Crippen LogP contribution in [0, 0.1) is 5.92 Å². The van der Waals surface area contributed by atoms with Gasteiger partial charge in [-0.25, -0.2) is 0 Å². The minimum atomic E-state index is -0.603. The number of nitrogens with zero attached hydrogens (tertiary/aromatic N) is 1. The van der Waals surface area contributed by atoms with Crippen LogP contribution in [0.2, 0.25) is 0 Å². The molecular formula is C18H34N4O2. The number of amides is 1. The lowest BCUT2D eigenvalue weighted by molar-refractivity contribution is -0.126. The Morgan fingerprint density at radius 3 is 2.62 bits per heavy atom. The average Bonchev–Trinajstić information content (AvgIpc) is 2.50. The molecule has 0 aliphatic heterocycles. The van der Waals surface area contributed by atoms with Gasteiger partial charge in [0.15, 0.2) is 5.96 Å². The molecular weight excluding hydrogens is 304 g/mol. The molecule has 0 aromatic heterocycles. The molecule has 0 radical (unpaired) electrons.